The topological polar surface area (TPSA) is 83.0 Å². The molecule has 4 aromatic rings. The van der Waals surface area contributed by atoms with E-state index < -0.39 is 0 Å². The highest BCUT2D eigenvalue weighted by Crippen LogP contribution is 2.32. The van der Waals surface area contributed by atoms with E-state index in [0.29, 0.717) is 34.7 Å². The third kappa shape index (κ3) is 3.51. The fourth-order valence-corrected chi connectivity index (χ4v) is 4.04. The van der Waals surface area contributed by atoms with Crippen molar-refractivity contribution in [2.45, 2.75) is 38.7 Å². The Morgan fingerprint density at radius 3 is 2.77 bits per heavy atom. The standard InChI is InChI=1S/C21H22FN7O/c1-28-19(23-13-24-28)12-30-21-15(10-14-6-2-3-7-14)11-18-25-26-20(29(18)27-21)16-8-4-5-9-17(16)22/h4-5,8-9,11,13-14H,2-3,6-7,10,12H2,1H3. The molecule has 0 unspecified atom stereocenters. The van der Waals surface area contributed by atoms with Gasteiger partial charge in [0.2, 0.25) is 5.88 Å². The zero-order chi connectivity index (χ0) is 20.5. The Labute approximate surface area is 172 Å². The van der Waals surface area contributed by atoms with Gasteiger partial charge in [0.1, 0.15) is 18.8 Å². The molecule has 1 aliphatic carbocycles. The molecule has 1 aromatic carbocycles. The van der Waals surface area contributed by atoms with Crippen molar-refractivity contribution in [1.82, 2.24) is 34.6 Å². The predicted molar refractivity (Wildman–Crippen MR) is 107 cm³/mol. The molecule has 0 N–H and O–H groups in total. The third-order valence-corrected chi connectivity index (χ3v) is 5.67. The quantitative estimate of drug-likeness (QED) is 0.487. The molecule has 3 heterocycles. The number of benzene rings is 1. The summed E-state index contributed by atoms with van der Waals surface area (Å²) in [6.07, 6.45) is 7.31. The highest BCUT2D eigenvalue weighted by molar-refractivity contribution is 5.60. The smallest absolute Gasteiger partial charge is 0.235 e. The SMILES string of the molecule is Cn1ncnc1COc1nn2c(-c3ccccc3F)nnc2cc1CC1CCCC1. The van der Waals surface area contributed by atoms with Crippen LogP contribution in [0.3, 0.4) is 0 Å². The van der Waals surface area contributed by atoms with Gasteiger partial charge in [0.05, 0.1) is 5.56 Å². The number of aryl methyl sites for hydroxylation is 1. The molecular formula is C21H22FN7O. The van der Waals surface area contributed by atoms with Crippen LogP contribution in [-0.2, 0) is 20.1 Å². The minimum Gasteiger partial charge on any atom is -0.468 e. The average molecular weight is 407 g/mol. The van der Waals surface area contributed by atoms with E-state index in [1.807, 2.05) is 13.1 Å². The maximum atomic E-state index is 14.4. The molecule has 0 saturated heterocycles. The number of rotatable bonds is 6. The van der Waals surface area contributed by atoms with Gasteiger partial charge < -0.3 is 4.74 Å². The molecule has 3 aromatic heterocycles. The molecule has 1 saturated carbocycles. The number of ether oxygens (including phenoxy) is 1. The molecule has 1 aliphatic rings. The number of nitrogens with zero attached hydrogens (tertiary/aromatic N) is 7. The van der Waals surface area contributed by atoms with E-state index >= 15 is 0 Å². The first-order chi connectivity index (χ1) is 14.7. The fourth-order valence-electron chi connectivity index (χ4n) is 4.04. The van der Waals surface area contributed by atoms with Gasteiger partial charge in [-0.05, 0) is 30.5 Å². The number of fused-ring (bicyclic) bond motifs is 1. The minimum atomic E-state index is -0.370. The Kier molecular flexibility index (Phi) is 4.86. The minimum absolute atomic E-state index is 0.240. The highest BCUT2D eigenvalue weighted by atomic mass is 19.1. The van der Waals surface area contributed by atoms with Gasteiger partial charge in [0.15, 0.2) is 17.3 Å². The zero-order valence-corrected chi connectivity index (χ0v) is 16.7. The van der Waals surface area contributed by atoms with Crippen LogP contribution in [0.25, 0.3) is 17.0 Å². The lowest BCUT2D eigenvalue weighted by molar-refractivity contribution is 0.269. The van der Waals surface area contributed by atoms with Crippen molar-refractivity contribution >= 4 is 5.65 Å². The maximum Gasteiger partial charge on any atom is 0.235 e. The molecule has 9 heteroatoms. The lowest BCUT2D eigenvalue weighted by Gasteiger charge is -2.14. The van der Waals surface area contributed by atoms with Crippen LogP contribution in [0.2, 0.25) is 0 Å². The Balaban J connectivity index is 1.55. The molecule has 0 aliphatic heterocycles. The maximum absolute atomic E-state index is 14.4. The predicted octanol–water partition coefficient (Wildman–Crippen LogP) is 3.37. The number of aromatic nitrogens is 7. The number of hydrogen-bond acceptors (Lipinski definition) is 6. The molecule has 1 fully saturated rings. The van der Waals surface area contributed by atoms with Gasteiger partial charge in [-0.2, -0.15) is 9.61 Å². The second-order valence-electron chi connectivity index (χ2n) is 7.69. The summed E-state index contributed by atoms with van der Waals surface area (Å²) in [6, 6.07) is 8.43. The van der Waals surface area contributed by atoms with E-state index in [0.717, 1.165) is 12.0 Å². The van der Waals surface area contributed by atoms with Crippen molar-refractivity contribution < 1.29 is 9.13 Å². The summed E-state index contributed by atoms with van der Waals surface area (Å²) in [7, 11) is 1.82. The third-order valence-electron chi connectivity index (χ3n) is 5.67. The van der Waals surface area contributed by atoms with E-state index in [4.69, 9.17) is 4.74 Å². The van der Waals surface area contributed by atoms with Crippen LogP contribution < -0.4 is 4.74 Å². The van der Waals surface area contributed by atoms with Crippen molar-refractivity contribution in [3.8, 4) is 17.3 Å². The van der Waals surface area contributed by atoms with Crippen LogP contribution in [0.1, 0.15) is 37.1 Å². The fraction of sp³-hybridized carbons (Fsp3) is 0.381. The average Bonchev–Trinajstić information content (AvgIpc) is 3.49. The van der Waals surface area contributed by atoms with Crippen LogP contribution in [0.15, 0.2) is 36.7 Å². The van der Waals surface area contributed by atoms with Crippen molar-refractivity contribution in [2.75, 3.05) is 0 Å². The summed E-state index contributed by atoms with van der Waals surface area (Å²) in [5.74, 6) is 1.78. The first kappa shape index (κ1) is 18.7. The molecular weight excluding hydrogens is 385 g/mol. The second-order valence-corrected chi connectivity index (χ2v) is 7.69. The molecule has 0 bridgehead atoms. The Bertz CT molecular complexity index is 1180. The van der Waals surface area contributed by atoms with Gasteiger partial charge in [0.25, 0.3) is 0 Å². The van der Waals surface area contributed by atoms with E-state index in [1.165, 1.54) is 38.1 Å². The Morgan fingerprint density at radius 2 is 2.00 bits per heavy atom. The van der Waals surface area contributed by atoms with Crippen LogP contribution in [0, 0.1) is 11.7 Å². The van der Waals surface area contributed by atoms with Gasteiger partial charge in [-0.1, -0.05) is 37.8 Å². The molecule has 0 atom stereocenters. The van der Waals surface area contributed by atoms with Crippen molar-refractivity contribution in [3.63, 3.8) is 0 Å². The molecule has 0 radical (unpaired) electrons. The zero-order valence-electron chi connectivity index (χ0n) is 16.7. The van der Waals surface area contributed by atoms with Crippen LogP contribution in [-0.4, -0.2) is 34.6 Å². The lowest BCUT2D eigenvalue weighted by atomic mass is 9.99. The summed E-state index contributed by atoms with van der Waals surface area (Å²) in [4.78, 5) is 4.21. The van der Waals surface area contributed by atoms with Gasteiger partial charge in [-0.3, -0.25) is 4.68 Å². The summed E-state index contributed by atoms with van der Waals surface area (Å²) >= 11 is 0. The van der Waals surface area contributed by atoms with Gasteiger partial charge in [-0.25, -0.2) is 9.37 Å². The van der Waals surface area contributed by atoms with Crippen LogP contribution in [0.5, 0.6) is 5.88 Å². The largest absolute Gasteiger partial charge is 0.468 e. The first-order valence-electron chi connectivity index (χ1n) is 10.1. The van der Waals surface area contributed by atoms with Gasteiger partial charge in [-0.15, -0.1) is 15.3 Å². The summed E-state index contributed by atoms with van der Waals surface area (Å²) in [5.41, 5.74) is 1.91. The van der Waals surface area contributed by atoms with Crippen LogP contribution >= 0.6 is 0 Å². The monoisotopic (exact) mass is 407 g/mol. The molecule has 154 valence electrons. The van der Waals surface area contributed by atoms with E-state index in [9.17, 15) is 4.39 Å². The second kappa shape index (κ2) is 7.81. The van der Waals surface area contributed by atoms with Gasteiger partial charge >= 0.3 is 0 Å². The first-order valence-corrected chi connectivity index (χ1v) is 10.1. The van der Waals surface area contributed by atoms with E-state index in [-0.39, 0.29) is 12.4 Å². The van der Waals surface area contributed by atoms with Crippen molar-refractivity contribution in [1.29, 1.82) is 0 Å². The highest BCUT2D eigenvalue weighted by Gasteiger charge is 2.21. The van der Waals surface area contributed by atoms with Crippen molar-refractivity contribution in [3.05, 3.63) is 53.9 Å². The Hall–Kier alpha value is -3.36. The Morgan fingerprint density at radius 1 is 1.17 bits per heavy atom. The van der Waals surface area contributed by atoms with Crippen molar-refractivity contribution in [2.24, 2.45) is 13.0 Å². The van der Waals surface area contributed by atoms with E-state index in [2.05, 4.69) is 25.4 Å². The van der Waals surface area contributed by atoms with Gasteiger partial charge in [0, 0.05) is 12.6 Å². The molecule has 0 spiro atoms. The number of hydrogen-bond donors (Lipinski definition) is 0. The normalized spacial score (nSPS) is 14.6. The summed E-state index contributed by atoms with van der Waals surface area (Å²) < 4.78 is 23.6. The summed E-state index contributed by atoms with van der Waals surface area (Å²) in [6.45, 7) is 0.240. The van der Waals surface area contributed by atoms with E-state index in [1.54, 1.807) is 27.4 Å². The van der Waals surface area contributed by atoms with Crippen LogP contribution in [0.4, 0.5) is 4.39 Å². The molecule has 8 nitrogen and oxygen atoms in total. The molecule has 5 rings (SSSR count). The number of halogens is 1. The summed E-state index contributed by atoms with van der Waals surface area (Å²) in [5, 5.41) is 17.2. The molecule has 0 amide bonds. The molecule has 30 heavy (non-hydrogen) atoms. The lowest BCUT2D eigenvalue weighted by Crippen LogP contribution is -2.10.